The number of aromatic nitrogens is 3. The number of pyridine rings is 1. The first-order chi connectivity index (χ1) is 14.2. The van der Waals surface area contributed by atoms with Gasteiger partial charge in [0.1, 0.15) is 17.6 Å². The monoisotopic (exact) mass is 397 g/mol. The summed E-state index contributed by atoms with van der Waals surface area (Å²) in [5.41, 5.74) is 1.61. The van der Waals surface area contributed by atoms with E-state index in [0.29, 0.717) is 37.0 Å². The molecule has 2 N–H and O–H groups in total. The van der Waals surface area contributed by atoms with Gasteiger partial charge < -0.3 is 20.1 Å². The van der Waals surface area contributed by atoms with E-state index in [1.54, 1.807) is 42.7 Å². The number of hydrogen-bond donors (Lipinski definition) is 2. The normalized spacial score (nSPS) is 15.8. The highest BCUT2D eigenvalue weighted by molar-refractivity contribution is 5.88. The van der Waals surface area contributed by atoms with E-state index in [4.69, 9.17) is 9.47 Å². The average molecular weight is 397 g/mol. The first-order valence-corrected chi connectivity index (χ1v) is 9.21. The van der Waals surface area contributed by atoms with Crippen LogP contribution in [0.4, 0.5) is 14.9 Å². The summed E-state index contributed by atoms with van der Waals surface area (Å²) < 4.78 is 26.3. The second-order valence-electron chi connectivity index (χ2n) is 6.54. The van der Waals surface area contributed by atoms with E-state index in [9.17, 15) is 9.18 Å². The van der Waals surface area contributed by atoms with Gasteiger partial charge in [-0.1, -0.05) is 12.1 Å². The lowest BCUT2D eigenvalue weighted by molar-refractivity contribution is 0.138. The molecule has 0 spiro atoms. The number of nitrogens with zero attached hydrogens (tertiary/aromatic N) is 3. The smallest absolute Gasteiger partial charge is 0.319 e. The van der Waals surface area contributed by atoms with Crippen molar-refractivity contribution in [2.45, 2.75) is 19.1 Å². The Balaban J connectivity index is 1.31. The number of amides is 2. The molecular formula is C20H20FN5O3. The highest BCUT2D eigenvalue weighted by atomic mass is 19.1. The number of benzene rings is 1. The number of halogens is 1. The van der Waals surface area contributed by atoms with Crippen molar-refractivity contribution in [2.24, 2.45) is 0 Å². The fourth-order valence-corrected chi connectivity index (χ4v) is 2.92. The fourth-order valence-electron chi connectivity index (χ4n) is 2.92. The molecule has 1 aliphatic rings. The molecule has 3 aromatic rings. The lowest BCUT2D eigenvalue weighted by atomic mass is 10.2. The Morgan fingerprint density at radius 2 is 2.24 bits per heavy atom. The summed E-state index contributed by atoms with van der Waals surface area (Å²) in [5.74, 6) is 0.109. The van der Waals surface area contributed by atoms with Gasteiger partial charge in [-0.3, -0.25) is 0 Å². The zero-order valence-corrected chi connectivity index (χ0v) is 15.5. The summed E-state index contributed by atoms with van der Waals surface area (Å²) in [6.45, 7) is 1.56. The lowest BCUT2D eigenvalue weighted by Crippen LogP contribution is -2.28. The van der Waals surface area contributed by atoms with Crippen LogP contribution in [-0.4, -0.2) is 40.1 Å². The summed E-state index contributed by atoms with van der Waals surface area (Å²) in [5, 5.41) is 9.51. The largest absolute Gasteiger partial charge is 0.472 e. The quantitative estimate of drug-likeness (QED) is 0.668. The third-order valence-electron chi connectivity index (χ3n) is 4.37. The molecular weight excluding hydrogens is 377 g/mol. The number of rotatable bonds is 6. The van der Waals surface area contributed by atoms with Crippen LogP contribution in [0.5, 0.6) is 5.88 Å². The molecule has 0 radical (unpaired) electrons. The highest BCUT2D eigenvalue weighted by Gasteiger charge is 2.17. The number of urea groups is 1. The summed E-state index contributed by atoms with van der Waals surface area (Å²) in [4.78, 5) is 16.4. The van der Waals surface area contributed by atoms with Crippen LogP contribution in [0, 0.1) is 5.82 Å². The predicted octanol–water partition coefficient (Wildman–Crippen LogP) is 2.90. The Kier molecular flexibility index (Phi) is 5.66. The maximum atomic E-state index is 13.8. The van der Waals surface area contributed by atoms with Gasteiger partial charge in [0.15, 0.2) is 0 Å². The van der Waals surface area contributed by atoms with Crippen LogP contribution < -0.4 is 15.4 Å². The molecule has 0 bridgehead atoms. The summed E-state index contributed by atoms with van der Waals surface area (Å²) in [6, 6.07) is 9.46. The van der Waals surface area contributed by atoms with Crippen molar-refractivity contribution >= 4 is 11.7 Å². The number of carbonyl (C=O) groups is 1. The number of ether oxygens (including phenoxy) is 2. The van der Waals surface area contributed by atoms with Gasteiger partial charge in [-0.25, -0.2) is 18.9 Å². The van der Waals surface area contributed by atoms with Crippen molar-refractivity contribution in [1.82, 2.24) is 20.1 Å². The Labute approximate surface area is 166 Å². The van der Waals surface area contributed by atoms with Crippen LogP contribution >= 0.6 is 0 Å². The van der Waals surface area contributed by atoms with Gasteiger partial charge in [0.25, 0.3) is 0 Å². The summed E-state index contributed by atoms with van der Waals surface area (Å²) in [7, 11) is 0. The van der Waals surface area contributed by atoms with Crippen molar-refractivity contribution < 1.29 is 18.7 Å². The summed E-state index contributed by atoms with van der Waals surface area (Å²) >= 11 is 0. The highest BCUT2D eigenvalue weighted by Crippen LogP contribution is 2.16. The van der Waals surface area contributed by atoms with Gasteiger partial charge in [-0.2, -0.15) is 5.10 Å². The molecule has 9 heteroatoms. The van der Waals surface area contributed by atoms with Gasteiger partial charge in [-0.05, 0) is 23.8 Å². The molecule has 1 atom stereocenters. The number of carbonyl (C=O) groups excluding carboxylic acids is 1. The molecule has 2 amide bonds. The third-order valence-corrected chi connectivity index (χ3v) is 4.37. The average Bonchev–Trinajstić information content (AvgIpc) is 3.39. The molecule has 4 rings (SSSR count). The van der Waals surface area contributed by atoms with Crippen molar-refractivity contribution in [3.8, 4) is 11.6 Å². The molecule has 8 nitrogen and oxygen atoms in total. The number of para-hydroxylation sites is 1. The predicted molar refractivity (Wildman–Crippen MR) is 103 cm³/mol. The minimum Gasteiger partial charge on any atom is -0.472 e. The molecule has 1 fully saturated rings. The van der Waals surface area contributed by atoms with E-state index in [-0.39, 0.29) is 6.10 Å². The van der Waals surface area contributed by atoms with Crippen LogP contribution in [-0.2, 0) is 11.3 Å². The SMILES string of the molecule is O=C(NCc1ccnc(OC2CCOC2)c1)Nc1cnn(-c2ccccc2F)c1. The maximum absolute atomic E-state index is 13.8. The van der Waals surface area contributed by atoms with Gasteiger partial charge in [0.05, 0.1) is 31.3 Å². The van der Waals surface area contributed by atoms with E-state index in [1.807, 2.05) is 0 Å². The van der Waals surface area contributed by atoms with Crippen molar-refractivity contribution in [1.29, 1.82) is 0 Å². The number of anilines is 1. The summed E-state index contributed by atoms with van der Waals surface area (Å²) in [6.07, 6.45) is 5.49. The molecule has 1 saturated heterocycles. The van der Waals surface area contributed by atoms with Gasteiger partial charge in [-0.15, -0.1) is 0 Å². The van der Waals surface area contributed by atoms with Crippen molar-refractivity contribution in [3.63, 3.8) is 0 Å². The lowest BCUT2D eigenvalue weighted by Gasteiger charge is -2.12. The van der Waals surface area contributed by atoms with E-state index < -0.39 is 11.8 Å². The van der Waals surface area contributed by atoms with Gasteiger partial charge in [0, 0.05) is 25.2 Å². The Hall–Kier alpha value is -3.46. The zero-order chi connectivity index (χ0) is 20.1. The molecule has 1 aromatic carbocycles. The Bertz CT molecular complexity index is 988. The molecule has 0 aliphatic carbocycles. The Morgan fingerprint density at radius 3 is 3.07 bits per heavy atom. The van der Waals surface area contributed by atoms with Gasteiger partial charge >= 0.3 is 6.03 Å². The molecule has 2 aromatic heterocycles. The van der Waals surface area contributed by atoms with Gasteiger partial charge in [0.2, 0.25) is 5.88 Å². The van der Waals surface area contributed by atoms with Crippen LogP contribution in [0.15, 0.2) is 55.0 Å². The minimum absolute atomic E-state index is 0.0139. The van der Waals surface area contributed by atoms with E-state index >= 15 is 0 Å². The first-order valence-electron chi connectivity index (χ1n) is 9.21. The molecule has 1 unspecified atom stereocenters. The maximum Gasteiger partial charge on any atom is 0.319 e. The molecule has 1 aliphatic heterocycles. The van der Waals surface area contributed by atoms with Crippen LogP contribution in [0.25, 0.3) is 5.69 Å². The number of hydrogen-bond acceptors (Lipinski definition) is 5. The molecule has 3 heterocycles. The zero-order valence-electron chi connectivity index (χ0n) is 15.5. The standard InChI is InChI=1S/C20H20FN5O3/c21-17-3-1-2-4-18(17)26-12-15(11-24-26)25-20(27)23-10-14-5-7-22-19(9-14)29-16-6-8-28-13-16/h1-5,7,9,11-12,16H,6,8,10,13H2,(H2,23,25,27). The minimum atomic E-state index is -0.401. The molecule has 150 valence electrons. The Morgan fingerprint density at radius 1 is 1.34 bits per heavy atom. The third kappa shape index (κ3) is 4.88. The van der Waals surface area contributed by atoms with Crippen molar-refractivity contribution in [2.75, 3.05) is 18.5 Å². The van der Waals surface area contributed by atoms with E-state index in [2.05, 4.69) is 20.7 Å². The van der Waals surface area contributed by atoms with E-state index in [0.717, 1.165) is 12.0 Å². The second kappa shape index (κ2) is 8.70. The molecule has 29 heavy (non-hydrogen) atoms. The van der Waals surface area contributed by atoms with E-state index in [1.165, 1.54) is 16.9 Å². The van der Waals surface area contributed by atoms with Crippen molar-refractivity contribution in [3.05, 3.63) is 66.4 Å². The second-order valence-corrected chi connectivity index (χ2v) is 6.54. The number of nitrogens with one attached hydrogen (secondary N) is 2. The van der Waals surface area contributed by atoms with Crippen LogP contribution in [0.1, 0.15) is 12.0 Å². The fraction of sp³-hybridized carbons (Fsp3) is 0.250. The van der Waals surface area contributed by atoms with Crippen LogP contribution in [0.3, 0.4) is 0 Å². The van der Waals surface area contributed by atoms with Crippen LogP contribution in [0.2, 0.25) is 0 Å². The molecule has 0 saturated carbocycles. The first kappa shape index (κ1) is 18.9. The topological polar surface area (TPSA) is 90.3 Å².